The zero-order valence-electron chi connectivity index (χ0n) is 22.6. The van der Waals surface area contributed by atoms with Gasteiger partial charge in [-0.2, -0.15) is 0 Å². The van der Waals surface area contributed by atoms with Gasteiger partial charge in [0.05, 0.1) is 25.1 Å². The fourth-order valence-electron chi connectivity index (χ4n) is 5.49. The predicted octanol–water partition coefficient (Wildman–Crippen LogP) is 5.86. The van der Waals surface area contributed by atoms with E-state index in [4.69, 9.17) is 14.9 Å². The maximum absolute atomic E-state index is 13.2. The van der Waals surface area contributed by atoms with Crippen LogP contribution in [0.15, 0.2) is 93.3 Å². The van der Waals surface area contributed by atoms with E-state index in [1.54, 1.807) is 23.6 Å². The molecule has 0 amide bonds. The second-order valence-corrected chi connectivity index (χ2v) is 11.3. The molecular weight excluding hydrogens is 532 g/mol. The van der Waals surface area contributed by atoms with Crippen molar-refractivity contribution in [3.63, 3.8) is 0 Å². The Balaban J connectivity index is 1.29. The number of benzene rings is 3. The summed E-state index contributed by atoms with van der Waals surface area (Å²) in [6.45, 7) is 5.27. The van der Waals surface area contributed by atoms with Crippen molar-refractivity contribution in [3.8, 4) is 11.1 Å². The number of morpholine rings is 1. The van der Waals surface area contributed by atoms with Gasteiger partial charge in [0.2, 0.25) is 0 Å². The minimum absolute atomic E-state index is 0.0353. The van der Waals surface area contributed by atoms with E-state index in [-0.39, 0.29) is 5.43 Å². The van der Waals surface area contributed by atoms with Gasteiger partial charge in [0.25, 0.3) is 0 Å². The largest absolute Gasteiger partial charge is 0.440 e. The summed E-state index contributed by atoms with van der Waals surface area (Å²) in [5.41, 5.74) is 10.5. The average molecular weight is 563 g/mol. The highest BCUT2D eigenvalue weighted by atomic mass is 32.1. The molecule has 206 valence electrons. The van der Waals surface area contributed by atoms with Gasteiger partial charge in [0, 0.05) is 81.5 Å². The lowest BCUT2D eigenvalue weighted by molar-refractivity contribution is 0.121. The SMILES string of the molecule is N/C=C(\C=NCCN1C=CC1)c1ccc2sc3c(-c4cccc5c(=O)cc(N6CCOCC6)oc45)cccc3c2c1. The molecule has 4 heterocycles. The first-order valence-electron chi connectivity index (χ1n) is 13.9. The smallest absolute Gasteiger partial charge is 0.200 e. The number of aliphatic imine (C=N–C) groups is 1. The van der Waals surface area contributed by atoms with Crippen LogP contribution in [0.5, 0.6) is 0 Å². The van der Waals surface area contributed by atoms with Crippen LogP contribution in [0.4, 0.5) is 5.88 Å². The van der Waals surface area contributed by atoms with Crippen LogP contribution < -0.4 is 16.1 Å². The third-order valence-corrected chi connectivity index (χ3v) is 8.99. The van der Waals surface area contributed by atoms with E-state index in [9.17, 15) is 4.79 Å². The van der Waals surface area contributed by atoms with Gasteiger partial charge in [-0.15, -0.1) is 11.3 Å². The van der Waals surface area contributed by atoms with Gasteiger partial charge in [-0.1, -0.05) is 36.4 Å². The zero-order chi connectivity index (χ0) is 27.8. The summed E-state index contributed by atoms with van der Waals surface area (Å²) in [4.78, 5) is 22.1. The van der Waals surface area contributed by atoms with Gasteiger partial charge in [-0.25, -0.2) is 0 Å². The summed E-state index contributed by atoms with van der Waals surface area (Å²) in [5.74, 6) is 0.593. The van der Waals surface area contributed by atoms with Crippen molar-refractivity contribution in [1.29, 1.82) is 0 Å². The lowest BCUT2D eigenvalue weighted by Gasteiger charge is -2.27. The number of thiophene rings is 1. The highest BCUT2D eigenvalue weighted by Gasteiger charge is 2.19. The number of anilines is 1. The number of hydrogen-bond acceptors (Lipinski definition) is 8. The monoisotopic (exact) mass is 562 g/mol. The summed E-state index contributed by atoms with van der Waals surface area (Å²) in [6.07, 6.45) is 7.72. The van der Waals surface area contributed by atoms with E-state index in [1.165, 1.54) is 10.1 Å². The summed E-state index contributed by atoms with van der Waals surface area (Å²) in [6, 6.07) is 20.2. The molecule has 2 aliphatic heterocycles. The van der Waals surface area contributed by atoms with Crippen molar-refractivity contribution in [2.75, 3.05) is 50.8 Å². The molecular formula is C33H30N4O3S. The van der Waals surface area contributed by atoms with E-state index < -0.39 is 0 Å². The highest BCUT2D eigenvalue weighted by Crippen LogP contribution is 2.42. The van der Waals surface area contributed by atoms with Crippen LogP contribution in [0.3, 0.4) is 0 Å². The predicted molar refractivity (Wildman–Crippen MR) is 170 cm³/mol. The summed E-state index contributed by atoms with van der Waals surface area (Å²) >= 11 is 1.75. The fourth-order valence-corrected chi connectivity index (χ4v) is 6.70. The number of fused-ring (bicyclic) bond motifs is 4. The standard InChI is InChI=1S/C33H30N4O3S/c34-20-23(21-35-10-13-36-11-3-12-36)22-8-9-30-28(18-22)26-6-2-5-25(33(26)41-30)24-4-1-7-27-29(38)19-31(40-32(24)27)37-14-16-39-17-15-37/h1-9,11,18-21H,10,12-17,34H2/b23-20+,35-21?. The van der Waals surface area contributed by atoms with Gasteiger partial charge in [0.15, 0.2) is 11.3 Å². The van der Waals surface area contributed by atoms with E-state index >= 15 is 0 Å². The summed E-state index contributed by atoms with van der Waals surface area (Å²) < 4.78 is 14.3. The minimum Gasteiger partial charge on any atom is -0.440 e. The second kappa shape index (κ2) is 10.9. The third-order valence-electron chi connectivity index (χ3n) is 7.77. The number of nitrogens with zero attached hydrogens (tertiary/aromatic N) is 3. The molecule has 2 aliphatic rings. The number of allylic oxidation sites excluding steroid dienone is 1. The maximum atomic E-state index is 13.2. The van der Waals surface area contributed by atoms with E-state index in [0.717, 1.165) is 52.0 Å². The highest BCUT2D eigenvalue weighted by molar-refractivity contribution is 7.26. The molecule has 0 unspecified atom stereocenters. The second-order valence-electron chi connectivity index (χ2n) is 10.3. The van der Waals surface area contributed by atoms with Crippen LogP contribution in [0.1, 0.15) is 5.56 Å². The van der Waals surface area contributed by atoms with Crippen molar-refractivity contribution in [3.05, 3.63) is 94.9 Å². The number of rotatable bonds is 7. The number of hydrogen-bond donors (Lipinski definition) is 1. The minimum atomic E-state index is -0.0353. The molecule has 0 bridgehead atoms. The third kappa shape index (κ3) is 4.79. The van der Waals surface area contributed by atoms with Crippen LogP contribution >= 0.6 is 11.3 Å². The van der Waals surface area contributed by atoms with Gasteiger partial charge < -0.3 is 24.7 Å². The molecule has 0 saturated carbocycles. The first-order chi connectivity index (χ1) is 20.2. The molecule has 2 N–H and O–H groups in total. The molecule has 0 aliphatic carbocycles. The maximum Gasteiger partial charge on any atom is 0.200 e. The molecule has 7 nitrogen and oxygen atoms in total. The molecule has 7 rings (SSSR count). The van der Waals surface area contributed by atoms with Gasteiger partial charge >= 0.3 is 0 Å². The van der Waals surface area contributed by atoms with Crippen molar-refractivity contribution in [1.82, 2.24) is 4.90 Å². The Kier molecular flexibility index (Phi) is 6.78. The Morgan fingerprint density at radius 1 is 1.00 bits per heavy atom. The molecule has 41 heavy (non-hydrogen) atoms. The Morgan fingerprint density at radius 2 is 1.80 bits per heavy atom. The van der Waals surface area contributed by atoms with Gasteiger partial charge in [-0.05, 0) is 36.0 Å². The fraction of sp³-hybridized carbons (Fsp3) is 0.212. The average Bonchev–Trinajstić information content (AvgIpc) is 3.36. The molecule has 5 aromatic rings. The molecule has 1 saturated heterocycles. The quantitative estimate of drug-likeness (QED) is 0.250. The van der Waals surface area contributed by atoms with Crippen molar-refractivity contribution in [2.24, 2.45) is 10.7 Å². The molecule has 2 aromatic heterocycles. The van der Waals surface area contributed by atoms with Crippen molar-refractivity contribution >= 4 is 60.2 Å². The van der Waals surface area contributed by atoms with Crippen LogP contribution in [-0.4, -0.2) is 57.1 Å². The van der Waals surface area contributed by atoms with E-state index in [0.29, 0.717) is 43.2 Å². The zero-order valence-corrected chi connectivity index (χ0v) is 23.4. The first-order valence-corrected chi connectivity index (χ1v) is 14.7. The van der Waals surface area contributed by atoms with Crippen LogP contribution in [0.25, 0.3) is 47.8 Å². The Bertz CT molecular complexity index is 1910. The van der Waals surface area contributed by atoms with Crippen molar-refractivity contribution < 1.29 is 9.15 Å². The molecule has 3 aromatic carbocycles. The van der Waals surface area contributed by atoms with Gasteiger partial charge in [-0.3, -0.25) is 9.79 Å². The molecule has 1 fully saturated rings. The van der Waals surface area contributed by atoms with E-state index in [1.807, 2.05) is 24.4 Å². The molecule has 0 atom stereocenters. The number of ether oxygens (including phenoxy) is 1. The lowest BCUT2D eigenvalue weighted by atomic mass is 9.99. The van der Waals surface area contributed by atoms with Crippen LogP contribution in [-0.2, 0) is 4.74 Å². The summed E-state index contributed by atoms with van der Waals surface area (Å²) in [5, 5.41) is 2.91. The van der Waals surface area contributed by atoms with Gasteiger partial charge in [0.1, 0.15) is 5.58 Å². The van der Waals surface area contributed by atoms with Crippen molar-refractivity contribution in [2.45, 2.75) is 0 Å². The number of para-hydroxylation sites is 1. The Hall–Kier alpha value is -4.40. The van der Waals surface area contributed by atoms with E-state index in [2.05, 4.69) is 63.5 Å². The molecule has 8 heteroatoms. The summed E-state index contributed by atoms with van der Waals surface area (Å²) in [7, 11) is 0. The Morgan fingerprint density at radius 3 is 2.59 bits per heavy atom. The van der Waals surface area contributed by atoms with Crippen LogP contribution in [0, 0.1) is 0 Å². The topological polar surface area (TPSA) is 84.3 Å². The lowest BCUT2D eigenvalue weighted by Crippen LogP contribution is -2.36. The number of nitrogens with two attached hydrogens (primary N) is 1. The normalized spacial score (nSPS) is 16.0. The molecule has 0 radical (unpaired) electrons. The Labute approximate surface area is 241 Å². The van der Waals surface area contributed by atoms with Crippen LogP contribution in [0.2, 0.25) is 0 Å². The first kappa shape index (κ1) is 25.6. The molecule has 0 spiro atoms.